The number of carbonyl (C=O) groups is 1. The van der Waals surface area contributed by atoms with Gasteiger partial charge in [-0.2, -0.15) is 10.2 Å². The molecule has 0 saturated carbocycles. The van der Waals surface area contributed by atoms with E-state index in [0.29, 0.717) is 40.3 Å². The summed E-state index contributed by atoms with van der Waals surface area (Å²) in [4.78, 5) is 32.3. The molecule has 1 amide bonds. The van der Waals surface area contributed by atoms with Gasteiger partial charge in [0.25, 0.3) is 5.56 Å². The zero-order chi connectivity index (χ0) is 31.5. The molecule has 0 radical (unpaired) electrons. The van der Waals surface area contributed by atoms with Crippen molar-refractivity contribution in [3.05, 3.63) is 69.5 Å². The number of hydrogen-bond donors (Lipinski definition) is 2. The number of rotatable bonds is 6. The Labute approximate surface area is 245 Å². The lowest BCUT2D eigenvalue weighted by molar-refractivity contribution is -0.133. The largest absolute Gasteiger partial charge is 0.387 e. The number of aromatic nitrogens is 6. The van der Waals surface area contributed by atoms with E-state index in [4.69, 9.17) is 15.7 Å². The number of aliphatic hydroxyl groups is 1. The van der Waals surface area contributed by atoms with E-state index in [-0.39, 0.29) is 29.7 Å². The third-order valence-electron chi connectivity index (χ3n) is 7.67. The predicted octanol–water partition coefficient (Wildman–Crippen LogP) is 3.58. The molecule has 1 aliphatic heterocycles. The average molecular weight is 578 g/mol. The molecule has 41 heavy (non-hydrogen) atoms. The molecule has 4 aromatic heterocycles. The molecule has 212 valence electrons. The molecule has 11 nitrogen and oxygen atoms in total. The maximum absolute atomic E-state index is 14.0. The molecular formula is C29H31ClN8O3. The van der Waals surface area contributed by atoms with Gasteiger partial charge in [0, 0.05) is 65.2 Å². The van der Waals surface area contributed by atoms with Gasteiger partial charge in [-0.05, 0) is 49.6 Å². The van der Waals surface area contributed by atoms with E-state index >= 15 is 0 Å². The summed E-state index contributed by atoms with van der Waals surface area (Å²) in [7, 11) is 1.81. The first-order valence-electron chi connectivity index (χ1n) is 14.7. The Morgan fingerprint density at radius 2 is 2.10 bits per heavy atom. The molecule has 0 aliphatic carbocycles. The van der Waals surface area contributed by atoms with Gasteiger partial charge in [0.05, 0.1) is 29.8 Å². The van der Waals surface area contributed by atoms with Crippen LogP contribution in [0.1, 0.15) is 40.7 Å². The maximum atomic E-state index is 14.0. The van der Waals surface area contributed by atoms with Gasteiger partial charge in [-0.1, -0.05) is 17.7 Å². The van der Waals surface area contributed by atoms with E-state index in [0.717, 1.165) is 21.3 Å². The first-order chi connectivity index (χ1) is 20.9. The molecular weight excluding hydrogens is 544 g/mol. The summed E-state index contributed by atoms with van der Waals surface area (Å²) in [6.07, 6.45) is 5.62. The van der Waals surface area contributed by atoms with Gasteiger partial charge in [-0.15, -0.1) is 0 Å². The van der Waals surface area contributed by atoms with Crippen LogP contribution in [0.2, 0.25) is 5.15 Å². The standard InChI is InChI=1S/C29H31ClN8O3/c1-16-9-20(17(2)33-23-5-6-24(30)34-27(23)18-11-31-35(3)13-18)26-21(10-16)29(41)36(4)28-22(26)12-32-38(28)19-7-8-37(14-19)25(40)15-39/h5-6,9-13,17,19,33,39H,7-8,14-15H2,1-4H3/i4D3. The van der Waals surface area contributed by atoms with Crippen molar-refractivity contribution in [2.24, 2.45) is 14.0 Å². The van der Waals surface area contributed by atoms with E-state index in [2.05, 4.69) is 20.5 Å². The van der Waals surface area contributed by atoms with Crippen LogP contribution in [0.3, 0.4) is 0 Å². The van der Waals surface area contributed by atoms with Crippen molar-refractivity contribution < 1.29 is 14.0 Å². The Hall–Kier alpha value is -4.22. The zero-order valence-electron chi connectivity index (χ0n) is 25.8. The lowest BCUT2D eigenvalue weighted by atomic mass is 9.95. The fourth-order valence-corrected chi connectivity index (χ4v) is 5.91. The molecule has 2 unspecified atom stereocenters. The van der Waals surface area contributed by atoms with Crippen LogP contribution in [0.5, 0.6) is 0 Å². The van der Waals surface area contributed by atoms with Crippen molar-refractivity contribution in [3.8, 4) is 11.3 Å². The predicted molar refractivity (Wildman–Crippen MR) is 158 cm³/mol. The van der Waals surface area contributed by atoms with E-state index in [9.17, 15) is 14.7 Å². The number of likely N-dealkylation sites (tertiary alicyclic amines) is 1. The van der Waals surface area contributed by atoms with Crippen LogP contribution in [-0.2, 0) is 18.8 Å². The topological polar surface area (TPSA) is 123 Å². The highest BCUT2D eigenvalue weighted by Crippen LogP contribution is 2.36. The molecule has 1 aliphatic rings. The van der Waals surface area contributed by atoms with Crippen LogP contribution in [0.15, 0.2) is 47.7 Å². The Balaban J connectivity index is 1.54. The van der Waals surface area contributed by atoms with Gasteiger partial charge < -0.3 is 15.3 Å². The summed E-state index contributed by atoms with van der Waals surface area (Å²) in [5, 5.41) is 23.4. The monoisotopic (exact) mass is 577 g/mol. The van der Waals surface area contributed by atoms with Crippen LogP contribution in [-0.4, -0.2) is 64.7 Å². The second-order valence-corrected chi connectivity index (χ2v) is 10.9. The fraction of sp³-hybridized carbons (Fsp3) is 0.345. The number of anilines is 1. The van der Waals surface area contributed by atoms with Crippen molar-refractivity contribution in [2.75, 3.05) is 25.0 Å². The summed E-state index contributed by atoms with van der Waals surface area (Å²) in [5.41, 5.74) is 3.15. The quantitative estimate of drug-likeness (QED) is 0.296. The van der Waals surface area contributed by atoms with Crippen LogP contribution >= 0.6 is 11.6 Å². The minimum absolute atomic E-state index is 0.160. The zero-order valence-corrected chi connectivity index (χ0v) is 23.6. The second kappa shape index (κ2) is 10.3. The van der Waals surface area contributed by atoms with E-state index in [1.807, 2.05) is 39.2 Å². The van der Waals surface area contributed by atoms with Crippen molar-refractivity contribution in [1.82, 2.24) is 34.0 Å². The summed E-state index contributed by atoms with van der Waals surface area (Å²) >= 11 is 6.26. The molecule has 1 aromatic carbocycles. The number of nitrogens with one attached hydrogen (secondary N) is 1. The lowest BCUT2D eigenvalue weighted by Gasteiger charge is -2.21. The van der Waals surface area contributed by atoms with Crippen LogP contribution < -0.4 is 10.9 Å². The Morgan fingerprint density at radius 1 is 1.27 bits per heavy atom. The Bertz CT molecular complexity index is 1980. The van der Waals surface area contributed by atoms with Crippen molar-refractivity contribution >= 4 is 45.0 Å². The highest BCUT2D eigenvalue weighted by molar-refractivity contribution is 6.29. The second-order valence-electron chi connectivity index (χ2n) is 10.5. The molecule has 1 fully saturated rings. The van der Waals surface area contributed by atoms with Crippen LogP contribution in [0, 0.1) is 6.92 Å². The first kappa shape index (κ1) is 23.5. The minimum atomic E-state index is -2.79. The number of amides is 1. The van der Waals surface area contributed by atoms with Gasteiger partial charge >= 0.3 is 0 Å². The minimum Gasteiger partial charge on any atom is -0.387 e. The highest BCUT2D eigenvalue weighted by Gasteiger charge is 2.30. The number of carbonyl (C=O) groups excluding carboxylic acids is 1. The van der Waals surface area contributed by atoms with Gasteiger partial charge in [-0.25, -0.2) is 9.67 Å². The maximum Gasteiger partial charge on any atom is 0.259 e. The van der Waals surface area contributed by atoms with Gasteiger partial charge in [0.2, 0.25) is 5.91 Å². The van der Waals surface area contributed by atoms with Gasteiger partial charge in [-0.3, -0.25) is 18.8 Å². The third-order valence-corrected chi connectivity index (χ3v) is 7.88. The molecule has 6 rings (SSSR count). The Kier molecular flexibility index (Phi) is 5.91. The normalized spacial score (nSPS) is 17.5. The van der Waals surface area contributed by atoms with Gasteiger partial charge in [0.1, 0.15) is 17.4 Å². The molecule has 0 bridgehead atoms. The number of aliphatic hydroxyl groups excluding tert-OH is 1. The SMILES string of the molecule is [2H]C([2H])([2H])n1c(=O)c2cc(C)cc(C(C)Nc3ccc(Cl)nc3-c3cnn(C)c3)c2c2cnn(C3CCN(C(=O)CO)C3)c21. The number of hydrogen-bond acceptors (Lipinski definition) is 7. The number of nitrogens with zero attached hydrogens (tertiary/aromatic N) is 7. The fourth-order valence-electron chi connectivity index (χ4n) is 5.76. The summed E-state index contributed by atoms with van der Waals surface area (Å²) < 4.78 is 28.9. The number of aryl methyl sites for hydroxylation is 3. The van der Waals surface area contributed by atoms with E-state index < -0.39 is 25.0 Å². The summed E-state index contributed by atoms with van der Waals surface area (Å²) in [6, 6.07) is 6.46. The van der Waals surface area contributed by atoms with Gasteiger partial charge in [0.15, 0.2) is 0 Å². The molecule has 12 heteroatoms. The molecule has 0 spiro atoms. The van der Waals surface area contributed by atoms with Crippen molar-refractivity contribution in [1.29, 1.82) is 0 Å². The van der Waals surface area contributed by atoms with E-state index in [1.165, 1.54) is 4.90 Å². The summed E-state index contributed by atoms with van der Waals surface area (Å²) in [6.45, 7) is 1.03. The van der Waals surface area contributed by atoms with Crippen molar-refractivity contribution in [3.63, 3.8) is 0 Å². The van der Waals surface area contributed by atoms with Crippen LogP contribution in [0.4, 0.5) is 5.69 Å². The van der Waals surface area contributed by atoms with E-state index in [1.54, 1.807) is 33.9 Å². The summed E-state index contributed by atoms with van der Waals surface area (Å²) in [5.74, 6) is -0.414. The molecule has 5 heterocycles. The third kappa shape index (κ3) is 4.64. The number of pyridine rings is 2. The molecule has 5 aromatic rings. The molecule has 2 N–H and O–H groups in total. The number of fused-ring (bicyclic) bond motifs is 3. The number of benzene rings is 1. The first-order valence-corrected chi connectivity index (χ1v) is 13.6. The lowest BCUT2D eigenvalue weighted by Crippen LogP contribution is -2.31. The smallest absolute Gasteiger partial charge is 0.259 e. The number of halogens is 1. The molecule has 1 saturated heterocycles. The Morgan fingerprint density at radius 3 is 2.83 bits per heavy atom. The average Bonchev–Trinajstić information content (AvgIpc) is 3.72. The molecule has 2 atom stereocenters. The van der Waals surface area contributed by atoms with Crippen molar-refractivity contribution in [2.45, 2.75) is 32.4 Å². The highest BCUT2D eigenvalue weighted by atomic mass is 35.5. The van der Waals surface area contributed by atoms with Crippen LogP contribution in [0.25, 0.3) is 33.1 Å².